The van der Waals surface area contributed by atoms with E-state index in [0.717, 1.165) is 10.9 Å². The number of aliphatic hydroxyl groups is 1. The van der Waals surface area contributed by atoms with Crippen molar-refractivity contribution in [3.05, 3.63) is 29.3 Å². The number of phosphoric ester groups is 1. The molecule has 45 heavy (non-hydrogen) atoms. The van der Waals surface area contributed by atoms with Crippen LogP contribution in [0, 0.1) is 11.3 Å². The Morgan fingerprint density at radius 3 is 2.76 bits per heavy atom. The molecule has 20 nitrogen and oxygen atoms in total. The summed E-state index contributed by atoms with van der Waals surface area (Å²) in [6.45, 7) is -1.15. The molecule has 4 aliphatic rings. The third-order valence-corrected chi connectivity index (χ3v) is 10.5. The number of H-pyrrole nitrogens is 1. The van der Waals surface area contributed by atoms with Gasteiger partial charge in [-0.2, -0.15) is 4.98 Å². The van der Waals surface area contributed by atoms with Gasteiger partial charge in [0.05, 0.1) is 25.3 Å². The molecule has 7 N–H and O–H groups in total. The number of aliphatic hydroxyl groups excluding tert-OH is 1. The molecule has 3 unspecified atom stereocenters. The first kappa shape index (κ1) is 28.9. The highest BCUT2D eigenvalue weighted by Gasteiger charge is 2.75. The number of imidazole rings is 2. The number of alkyl halides is 1. The molecule has 2 bridgehead atoms. The van der Waals surface area contributed by atoms with Gasteiger partial charge < -0.3 is 30.8 Å². The molecule has 2 saturated carbocycles. The number of rotatable bonds is 2. The predicted molar refractivity (Wildman–Crippen MR) is 146 cm³/mol. The molecule has 238 valence electrons. The number of aromatic nitrogens is 8. The van der Waals surface area contributed by atoms with E-state index >= 15 is 4.39 Å². The highest BCUT2D eigenvalue weighted by atomic mass is 31.2. The van der Waals surface area contributed by atoms with Crippen molar-refractivity contribution >= 4 is 50.2 Å². The first-order valence-electron chi connectivity index (χ1n) is 13.5. The fourth-order valence-electron chi connectivity index (χ4n) is 6.70. The zero-order valence-electron chi connectivity index (χ0n) is 22.7. The number of nitrogen functional groups attached to an aromatic ring is 2. The van der Waals surface area contributed by atoms with Crippen LogP contribution >= 0.6 is 16.1 Å². The first-order chi connectivity index (χ1) is 21.5. The fourth-order valence-corrected chi connectivity index (χ4v) is 8.54. The number of phosphoric acid groups is 1. The Morgan fingerprint density at radius 1 is 1.16 bits per heavy atom. The lowest BCUT2D eigenvalue weighted by Crippen LogP contribution is -2.37. The van der Waals surface area contributed by atoms with Gasteiger partial charge in [0.25, 0.3) is 5.56 Å². The number of hydrogen-bond donors (Lipinski definition) is 5. The van der Waals surface area contributed by atoms with E-state index in [1.54, 1.807) is 4.57 Å². The van der Waals surface area contributed by atoms with E-state index in [4.69, 9.17) is 34.3 Å². The van der Waals surface area contributed by atoms with Crippen LogP contribution in [0.2, 0.25) is 0 Å². The van der Waals surface area contributed by atoms with E-state index in [1.165, 1.54) is 12.7 Å². The second-order valence-corrected chi connectivity index (χ2v) is 13.6. The van der Waals surface area contributed by atoms with Crippen molar-refractivity contribution in [1.29, 1.82) is 0 Å². The van der Waals surface area contributed by atoms with Crippen LogP contribution in [-0.2, 0) is 32.0 Å². The van der Waals surface area contributed by atoms with Gasteiger partial charge in [-0.3, -0.25) is 23.4 Å². The molecule has 1 spiro atoms. The van der Waals surface area contributed by atoms with Crippen LogP contribution in [-0.4, -0.2) is 92.8 Å². The smallest absolute Gasteiger partial charge is 0.388 e. The summed E-state index contributed by atoms with van der Waals surface area (Å²) in [6, 6.07) is -0.732. The summed E-state index contributed by atoms with van der Waals surface area (Å²) in [5, 5.41) is 11.4. The molecule has 0 radical (unpaired) electrons. The third kappa shape index (κ3) is 4.42. The van der Waals surface area contributed by atoms with Crippen molar-refractivity contribution < 1.29 is 46.4 Å². The maximum absolute atomic E-state index is 15.8. The molecule has 0 aromatic carbocycles. The minimum absolute atomic E-state index is 0.111. The number of nitrogens with zero attached hydrogens (tertiary/aromatic N) is 7. The minimum atomic E-state index is -5.05. The Kier molecular flexibility index (Phi) is 6.42. The molecule has 11 atom stereocenters. The molecular formula is C22H24FN10O10P2+. The van der Waals surface area contributed by atoms with E-state index in [1.807, 2.05) is 0 Å². The maximum Gasteiger partial charge on any atom is 0.697 e. The Balaban J connectivity index is 1.12. The molecule has 2 saturated heterocycles. The van der Waals surface area contributed by atoms with Gasteiger partial charge in [0, 0.05) is 9.98 Å². The van der Waals surface area contributed by atoms with Crippen molar-refractivity contribution in [3.8, 4) is 0 Å². The Bertz CT molecular complexity index is 1980. The predicted octanol–water partition coefficient (Wildman–Crippen LogP) is -0.144. The second kappa shape index (κ2) is 9.99. The number of aromatic amines is 1. The van der Waals surface area contributed by atoms with Gasteiger partial charge in [-0.05, 0) is 12.3 Å². The van der Waals surface area contributed by atoms with E-state index in [0.29, 0.717) is 17.6 Å². The van der Waals surface area contributed by atoms with Gasteiger partial charge in [0.15, 0.2) is 41.1 Å². The van der Waals surface area contributed by atoms with Crippen LogP contribution in [0.4, 0.5) is 16.2 Å². The van der Waals surface area contributed by atoms with Crippen LogP contribution in [0.15, 0.2) is 23.8 Å². The third-order valence-electron chi connectivity index (χ3n) is 8.81. The quantitative estimate of drug-likeness (QED) is 0.174. The van der Waals surface area contributed by atoms with Crippen molar-refractivity contribution in [2.45, 2.75) is 49.3 Å². The van der Waals surface area contributed by atoms with Crippen LogP contribution in [0.25, 0.3) is 22.3 Å². The summed E-state index contributed by atoms with van der Waals surface area (Å²) in [7, 11) is -8.03. The summed E-state index contributed by atoms with van der Waals surface area (Å²) in [5.74, 6) is -0.559. The molecular weight excluding hydrogens is 645 g/mol. The number of halogens is 1. The standard InChI is InChI=1S/C22H23FN10O10P2/c23-9-8-2-39-44(36)42-15-13(34)12(32-5-28-10-16(24)26-4-27-17(10)32)7-1-22(7,15)3-40-45(37,38)43-14(9)20(41-8)33-6-29-11-18(33)30-21(25)31-19(11)35/h4-9,12-15,20,34H,1-3H2,(H5-,24,25,26,27,30,31,35,37,38)/p+1/t7-,8-,9-,12-,13+,14-,15+,20-,22?/m1/s1. The number of nitrogens with two attached hydrogens (primary N) is 2. The van der Waals surface area contributed by atoms with Gasteiger partial charge in [0.1, 0.15) is 36.8 Å². The lowest BCUT2D eigenvalue weighted by atomic mass is 10.0. The largest absolute Gasteiger partial charge is 0.697 e. The molecule has 6 heterocycles. The molecule has 4 aromatic rings. The van der Waals surface area contributed by atoms with E-state index < -0.39 is 89.0 Å². The average molecular weight is 669 g/mol. The molecule has 2 aliphatic heterocycles. The van der Waals surface area contributed by atoms with Crippen LogP contribution in [0.3, 0.4) is 0 Å². The van der Waals surface area contributed by atoms with Gasteiger partial charge in [-0.15, -0.1) is 9.05 Å². The SMILES string of the molecule is Nc1nc2c(ncn2[C@@H]2O[C@@H]3CO[P+](=O)O[C@H]4[C@@H](O)[C@H](n5cnc6c(N)ncnc65)[C@H]5CC54COP(=O)(O)O[C@@H]2[C@@H]3F)c(=O)[nH]1. The Morgan fingerprint density at radius 2 is 1.93 bits per heavy atom. The monoisotopic (exact) mass is 669 g/mol. The highest BCUT2D eigenvalue weighted by Crippen LogP contribution is 2.71. The second-order valence-electron chi connectivity index (χ2n) is 11.3. The van der Waals surface area contributed by atoms with Crippen molar-refractivity contribution in [3.63, 3.8) is 0 Å². The van der Waals surface area contributed by atoms with E-state index in [9.17, 15) is 23.9 Å². The normalized spacial score (nSPS) is 39.2. The summed E-state index contributed by atoms with van der Waals surface area (Å²) >= 11 is 0. The number of anilines is 2. The average Bonchev–Trinajstić information content (AvgIpc) is 3.26. The molecule has 23 heteroatoms. The van der Waals surface area contributed by atoms with Crippen molar-refractivity contribution in [1.82, 2.24) is 39.0 Å². The molecule has 2 aliphatic carbocycles. The molecule has 4 fully saturated rings. The summed E-state index contributed by atoms with van der Waals surface area (Å²) in [4.78, 5) is 45.8. The van der Waals surface area contributed by atoms with E-state index in [-0.39, 0.29) is 22.9 Å². The summed E-state index contributed by atoms with van der Waals surface area (Å²) in [6.07, 6.45) is -5.35. The summed E-state index contributed by atoms with van der Waals surface area (Å²) in [5.41, 5.74) is 10.2. The van der Waals surface area contributed by atoms with Crippen molar-refractivity contribution in [2.75, 3.05) is 24.7 Å². The van der Waals surface area contributed by atoms with Gasteiger partial charge in [-0.1, -0.05) is 0 Å². The minimum Gasteiger partial charge on any atom is -0.388 e. The van der Waals surface area contributed by atoms with E-state index in [2.05, 4.69) is 29.9 Å². The van der Waals surface area contributed by atoms with Gasteiger partial charge >= 0.3 is 16.1 Å². The Hall–Kier alpha value is -3.52. The number of nitrogens with one attached hydrogen (secondary N) is 1. The van der Waals surface area contributed by atoms with Gasteiger partial charge in [0.2, 0.25) is 5.95 Å². The fraction of sp³-hybridized carbons (Fsp3) is 0.545. The Labute approximate surface area is 250 Å². The lowest BCUT2D eigenvalue weighted by Gasteiger charge is -2.26. The zero-order chi connectivity index (χ0) is 31.4. The van der Waals surface area contributed by atoms with Crippen LogP contribution in [0.1, 0.15) is 18.7 Å². The molecule has 4 aromatic heterocycles. The highest BCUT2D eigenvalue weighted by molar-refractivity contribution is 7.47. The van der Waals surface area contributed by atoms with Crippen LogP contribution in [0.5, 0.6) is 0 Å². The number of hydrogen-bond acceptors (Lipinski definition) is 16. The lowest BCUT2D eigenvalue weighted by molar-refractivity contribution is -0.0580. The zero-order valence-corrected chi connectivity index (χ0v) is 24.5. The molecule has 8 rings (SSSR count). The van der Waals surface area contributed by atoms with Crippen LogP contribution < -0.4 is 17.0 Å². The van der Waals surface area contributed by atoms with Gasteiger partial charge in [-0.25, -0.2) is 28.9 Å². The molecule has 0 amide bonds. The first-order valence-corrected chi connectivity index (χ1v) is 16.1. The number of ether oxygens (including phenoxy) is 1. The number of fused-ring (bicyclic) bond motifs is 4. The topological polar surface area (TPSA) is 280 Å². The summed E-state index contributed by atoms with van der Waals surface area (Å²) < 4.78 is 72.4. The maximum atomic E-state index is 15.8. The van der Waals surface area contributed by atoms with Crippen molar-refractivity contribution in [2.24, 2.45) is 11.3 Å².